The summed E-state index contributed by atoms with van der Waals surface area (Å²) < 4.78 is 5.47. The van der Waals surface area contributed by atoms with Crippen LogP contribution in [0.25, 0.3) is 21.9 Å². The summed E-state index contributed by atoms with van der Waals surface area (Å²) in [5.41, 5.74) is 2.60. The Kier molecular flexibility index (Phi) is 6.04. The van der Waals surface area contributed by atoms with Gasteiger partial charge in [0.1, 0.15) is 5.75 Å². The molecule has 146 valence electrons. The second-order valence-electron chi connectivity index (χ2n) is 6.57. The Morgan fingerprint density at radius 2 is 1.53 bits per heavy atom. The maximum Gasteiger partial charge on any atom is 0.321 e. The zero-order valence-corrected chi connectivity index (χ0v) is 17.4. The van der Waals surface area contributed by atoms with Crippen LogP contribution < -0.4 is 4.74 Å². The average molecular weight is 430 g/mol. The summed E-state index contributed by atoms with van der Waals surface area (Å²) in [6.45, 7) is 0. The lowest BCUT2D eigenvalue weighted by molar-refractivity contribution is -0.131. The highest BCUT2D eigenvalue weighted by molar-refractivity contribution is 8.00. The molecule has 5 heteroatoms. The third kappa shape index (κ3) is 4.49. The molecule has 0 aliphatic heterocycles. The van der Waals surface area contributed by atoms with E-state index in [1.165, 1.54) is 11.8 Å². The highest BCUT2D eigenvalue weighted by atomic mass is 35.5. The van der Waals surface area contributed by atoms with E-state index in [-0.39, 0.29) is 11.7 Å². The van der Waals surface area contributed by atoms with Crippen molar-refractivity contribution in [3.05, 3.63) is 95.5 Å². The molecule has 30 heavy (non-hydrogen) atoms. The van der Waals surface area contributed by atoms with Crippen LogP contribution in [0.15, 0.2) is 89.8 Å². The predicted molar refractivity (Wildman–Crippen MR) is 122 cm³/mol. The van der Waals surface area contributed by atoms with Crippen molar-refractivity contribution in [1.82, 2.24) is 0 Å². The summed E-state index contributed by atoms with van der Waals surface area (Å²) in [7, 11) is 0. The van der Waals surface area contributed by atoms with Crippen molar-refractivity contribution >= 4 is 40.1 Å². The van der Waals surface area contributed by atoms with Crippen molar-refractivity contribution in [2.24, 2.45) is 0 Å². The van der Waals surface area contributed by atoms with Crippen molar-refractivity contribution in [3.8, 4) is 22.9 Å². The van der Waals surface area contributed by atoms with Gasteiger partial charge in [0.2, 0.25) is 0 Å². The van der Waals surface area contributed by atoms with E-state index in [0.717, 1.165) is 26.8 Å². The molecule has 0 saturated carbocycles. The van der Waals surface area contributed by atoms with Crippen LogP contribution in [-0.4, -0.2) is 11.7 Å². The molecule has 4 aromatic rings. The summed E-state index contributed by atoms with van der Waals surface area (Å²) in [4.78, 5) is 13.3. The minimum absolute atomic E-state index is 0.182. The van der Waals surface area contributed by atoms with Crippen LogP contribution >= 0.6 is 23.4 Å². The summed E-state index contributed by atoms with van der Waals surface area (Å²) in [6.07, 6.45) is 0. The molecule has 0 atom stereocenters. The molecule has 0 aliphatic rings. The fourth-order valence-corrected chi connectivity index (χ4v) is 4.35. The normalized spacial score (nSPS) is 10.5. The highest BCUT2D eigenvalue weighted by Crippen LogP contribution is 2.33. The maximum absolute atomic E-state index is 12.3. The van der Waals surface area contributed by atoms with E-state index in [0.29, 0.717) is 16.3 Å². The molecule has 0 saturated heterocycles. The Hall–Kier alpha value is -3.26. The number of carbonyl (C=O) groups excluding carboxylic acids is 1. The van der Waals surface area contributed by atoms with E-state index in [2.05, 4.69) is 6.07 Å². The third-order valence-corrected chi connectivity index (χ3v) is 5.94. The van der Waals surface area contributed by atoms with Crippen molar-refractivity contribution in [2.45, 2.75) is 4.90 Å². The van der Waals surface area contributed by atoms with Crippen LogP contribution in [0.4, 0.5) is 0 Å². The number of benzene rings is 4. The first-order chi connectivity index (χ1) is 14.6. The largest absolute Gasteiger partial charge is 0.426 e. The van der Waals surface area contributed by atoms with Gasteiger partial charge in [0.15, 0.2) is 0 Å². The molecule has 4 aromatic carbocycles. The molecule has 0 spiro atoms. The van der Waals surface area contributed by atoms with Gasteiger partial charge < -0.3 is 4.74 Å². The van der Waals surface area contributed by atoms with Crippen LogP contribution in [0.2, 0.25) is 5.02 Å². The SMILES string of the molecule is N#Cc1ccc(-c2ccc(OC(=O)CSc3cccc4cccc(Cl)c34)cc2)cc1. The van der Waals surface area contributed by atoms with Crippen molar-refractivity contribution in [1.29, 1.82) is 5.26 Å². The quantitative estimate of drug-likeness (QED) is 0.200. The van der Waals surface area contributed by atoms with Gasteiger partial charge in [-0.15, -0.1) is 11.8 Å². The zero-order valence-electron chi connectivity index (χ0n) is 15.8. The standard InChI is InChI=1S/C25H16ClNO2S/c26-22-5-1-3-20-4-2-6-23(25(20)22)30-16-24(28)29-21-13-11-19(12-14-21)18-9-7-17(15-27)8-10-18/h1-14H,16H2. The summed E-state index contributed by atoms with van der Waals surface area (Å²) >= 11 is 7.75. The second-order valence-corrected chi connectivity index (χ2v) is 7.99. The van der Waals surface area contributed by atoms with Gasteiger partial charge in [-0.3, -0.25) is 4.79 Å². The van der Waals surface area contributed by atoms with Crippen LogP contribution in [0.1, 0.15) is 5.56 Å². The van der Waals surface area contributed by atoms with Gasteiger partial charge in [-0.1, -0.05) is 60.1 Å². The van der Waals surface area contributed by atoms with Gasteiger partial charge in [-0.05, 0) is 52.9 Å². The van der Waals surface area contributed by atoms with E-state index in [1.807, 2.05) is 60.7 Å². The van der Waals surface area contributed by atoms with Crippen LogP contribution in [0.5, 0.6) is 5.75 Å². The van der Waals surface area contributed by atoms with E-state index < -0.39 is 0 Å². The Balaban J connectivity index is 1.40. The number of nitriles is 1. The molecule has 0 aliphatic carbocycles. The number of nitrogens with zero attached hydrogens (tertiary/aromatic N) is 1. The molecule has 0 unspecified atom stereocenters. The molecule has 0 radical (unpaired) electrons. The van der Waals surface area contributed by atoms with E-state index in [9.17, 15) is 4.79 Å². The Morgan fingerprint density at radius 3 is 2.20 bits per heavy atom. The number of esters is 1. The maximum atomic E-state index is 12.3. The number of rotatable bonds is 5. The van der Waals surface area contributed by atoms with Crippen LogP contribution in [-0.2, 0) is 4.79 Å². The van der Waals surface area contributed by atoms with Crippen molar-refractivity contribution in [2.75, 3.05) is 5.75 Å². The predicted octanol–water partition coefficient (Wildman–Crippen LogP) is 6.73. The van der Waals surface area contributed by atoms with Gasteiger partial charge in [0.05, 0.1) is 17.4 Å². The number of halogens is 1. The lowest BCUT2D eigenvalue weighted by atomic mass is 10.0. The molecule has 0 amide bonds. The molecule has 0 fully saturated rings. The Morgan fingerprint density at radius 1 is 0.900 bits per heavy atom. The van der Waals surface area contributed by atoms with Crippen LogP contribution in [0.3, 0.4) is 0 Å². The van der Waals surface area contributed by atoms with Gasteiger partial charge in [0, 0.05) is 15.3 Å². The van der Waals surface area contributed by atoms with Gasteiger partial charge in [-0.25, -0.2) is 0 Å². The number of carbonyl (C=O) groups is 1. The molecular weight excluding hydrogens is 414 g/mol. The zero-order chi connectivity index (χ0) is 20.9. The topological polar surface area (TPSA) is 50.1 Å². The summed E-state index contributed by atoms with van der Waals surface area (Å²) in [6, 6.07) is 28.4. The molecule has 0 aromatic heterocycles. The second kappa shape index (κ2) is 9.04. The number of fused-ring (bicyclic) bond motifs is 1. The number of hydrogen-bond acceptors (Lipinski definition) is 4. The Labute approximate surface area is 183 Å². The lowest BCUT2D eigenvalue weighted by Crippen LogP contribution is -2.10. The number of thioether (sulfide) groups is 1. The number of ether oxygens (including phenoxy) is 1. The van der Waals surface area contributed by atoms with E-state index >= 15 is 0 Å². The fraction of sp³-hybridized carbons (Fsp3) is 0.0400. The molecule has 0 bridgehead atoms. The first-order valence-electron chi connectivity index (χ1n) is 9.25. The molecule has 0 N–H and O–H groups in total. The van der Waals surface area contributed by atoms with E-state index in [1.54, 1.807) is 24.3 Å². The summed E-state index contributed by atoms with van der Waals surface area (Å²) in [5, 5.41) is 11.6. The molecule has 3 nitrogen and oxygen atoms in total. The smallest absolute Gasteiger partial charge is 0.321 e. The summed E-state index contributed by atoms with van der Waals surface area (Å²) in [5.74, 6) is 0.353. The molecular formula is C25H16ClNO2S. The molecule has 4 rings (SSSR count). The first kappa shape index (κ1) is 20.0. The van der Waals surface area contributed by atoms with E-state index in [4.69, 9.17) is 21.6 Å². The molecule has 0 heterocycles. The van der Waals surface area contributed by atoms with Gasteiger partial charge in [0.25, 0.3) is 0 Å². The third-order valence-electron chi connectivity index (χ3n) is 4.59. The monoisotopic (exact) mass is 429 g/mol. The fourth-order valence-electron chi connectivity index (χ4n) is 3.13. The van der Waals surface area contributed by atoms with Gasteiger partial charge >= 0.3 is 5.97 Å². The van der Waals surface area contributed by atoms with Crippen molar-refractivity contribution in [3.63, 3.8) is 0 Å². The Bertz CT molecular complexity index is 1240. The van der Waals surface area contributed by atoms with Gasteiger partial charge in [-0.2, -0.15) is 5.26 Å². The lowest BCUT2D eigenvalue weighted by Gasteiger charge is -2.09. The average Bonchev–Trinajstić information content (AvgIpc) is 2.78. The number of hydrogen-bond donors (Lipinski definition) is 0. The van der Waals surface area contributed by atoms with Crippen LogP contribution in [0, 0.1) is 11.3 Å². The first-order valence-corrected chi connectivity index (χ1v) is 10.6. The minimum atomic E-state index is -0.324. The highest BCUT2D eigenvalue weighted by Gasteiger charge is 2.10. The minimum Gasteiger partial charge on any atom is -0.426 e. The van der Waals surface area contributed by atoms with Crippen molar-refractivity contribution < 1.29 is 9.53 Å².